The molecule has 3 nitrogen and oxygen atoms in total. The molecule has 0 bridgehead atoms. The van der Waals surface area contributed by atoms with Crippen LogP contribution in [-0.4, -0.2) is 14.2 Å². The van der Waals surface area contributed by atoms with Crippen molar-refractivity contribution in [2.75, 3.05) is 14.2 Å². The Balaban J connectivity index is 3.23. The number of hydrogen-bond acceptors (Lipinski definition) is 3. The summed E-state index contributed by atoms with van der Waals surface area (Å²) < 4.78 is 11.1. The molecule has 4 heteroatoms. The molecule has 72 valence electrons. The topological polar surface area (TPSA) is 44.5 Å². The molecule has 0 aliphatic carbocycles. The van der Waals surface area contributed by atoms with Crippen molar-refractivity contribution in [3.05, 3.63) is 22.2 Å². The van der Waals surface area contributed by atoms with Gasteiger partial charge in [0, 0.05) is 12.1 Å². The second-order valence-electron chi connectivity index (χ2n) is 2.47. The van der Waals surface area contributed by atoms with Crippen molar-refractivity contribution in [2.45, 2.75) is 6.54 Å². The van der Waals surface area contributed by atoms with Crippen LogP contribution in [0.15, 0.2) is 16.6 Å². The first-order valence-electron chi connectivity index (χ1n) is 3.84. The summed E-state index contributed by atoms with van der Waals surface area (Å²) in [6.45, 7) is 0.418. The van der Waals surface area contributed by atoms with Crippen LogP contribution in [0, 0.1) is 0 Å². The van der Waals surface area contributed by atoms with E-state index in [4.69, 9.17) is 15.2 Å². The number of nitrogens with two attached hydrogens (primary N) is 1. The Morgan fingerprint density at radius 2 is 1.77 bits per heavy atom. The molecule has 0 aromatic heterocycles. The van der Waals surface area contributed by atoms with Crippen molar-refractivity contribution >= 4 is 15.9 Å². The van der Waals surface area contributed by atoms with Crippen molar-refractivity contribution in [3.8, 4) is 11.5 Å². The van der Waals surface area contributed by atoms with E-state index in [-0.39, 0.29) is 0 Å². The number of methoxy groups -OCH3 is 2. The van der Waals surface area contributed by atoms with Crippen LogP contribution in [0.1, 0.15) is 5.56 Å². The minimum atomic E-state index is 0.418. The minimum absolute atomic E-state index is 0.418. The Labute approximate surface area is 86.0 Å². The van der Waals surface area contributed by atoms with Crippen molar-refractivity contribution in [1.29, 1.82) is 0 Å². The lowest BCUT2D eigenvalue weighted by Gasteiger charge is -2.11. The summed E-state index contributed by atoms with van der Waals surface area (Å²) in [6, 6.07) is 3.67. The van der Waals surface area contributed by atoms with Crippen LogP contribution in [0.25, 0.3) is 0 Å². The normalized spacial score (nSPS) is 9.85. The number of hydrogen-bond donors (Lipinski definition) is 1. The smallest absolute Gasteiger partial charge is 0.133 e. The van der Waals surface area contributed by atoms with E-state index in [1.165, 1.54) is 0 Å². The second kappa shape index (κ2) is 4.48. The van der Waals surface area contributed by atoms with Crippen molar-refractivity contribution < 1.29 is 9.47 Å². The summed E-state index contributed by atoms with van der Waals surface area (Å²) in [5, 5.41) is 0. The van der Waals surface area contributed by atoms with Gasteiger partial charge in [-0.25, -0.2) is 0 Å². The number of rotatable bonds is 3. The summed E-state index contributed by atoms with van der Waals surface area (Å²) in [4.78, 5) is 0. The van der Waals surface area contributed by atoms with E-state index >= 15 is 0 Å². The fourth-order valence-corrected chi connectivity index (χ4v) is 1.77. The second-order valence-corrected chi connectivity index (χ2v) is 3.26. The summed E-state index contributed by atoms with van der Waals surface area (Å²) >= 11 is 3.41. The van der Waals surface area contributed by atoms with Crippen LogP contribution in [0.4, 0.5) is 0 Å². The summed E-state index contributed by atoms with van der Waals surface area (Å²) in [5.74, 6) is 1.54. The molecule has 1 rings (SSSR count). The molecule has 0 aliphatic heterocycles. The summed E-state index contributed by atoms with van der Waals surface area (Å²) in [5.41, 5.74) is 6.50. The van der Waals surface area contributed by atoms with Gasteiger partial charge in [0.15, 0.2) is 0 Å². The molecule has 1 aromatic rings. The highest BCUT2D eigenvalue weighted by molar-refractivity contribution is 9.10. The Morgan fingerprint density at radius 1 is 1.23 bits per heavy atom. The van der Waals surface area contributed by atoms with Gasteiger partial charge in [0.05, 0.1) is 18.7 Å². The minimum Gasteiger partial charge on any atom is -0.496 e. The molecular weight excluding hydrogens is 234 g/mol. The van der Waals surface area contributed by atoms with Gasteiger partial charge in [-0.15, -0.1) is 0 Å². The van der Waals surface area contributed by atoms with Crippen LogP contribution in [0.3, 0.4) is 0 Å². The zero-order valence-corrected chi connectivity index (χ0v) is 9.22. The van der Waals surface area contributed by atoms with Crippen LogP contribution >= 0.6 is 15.9 Å². The standard InChI is InChI=1S/C9H12BrNO2/c1-12-7-3-4-8(13-2)9(10)6(7)5-11/h3-4H,5,11H2,1-2H3. The SMILES string of the molecule is COc1ccc(OC)c(CN)c1Br. The summed E-state index contributed by atoms with van der Waals surface area (Å²) in [6.07, 6.45) is 0. The molecule has 0 saturated carbocycles. The van der Waals surface area contributed by atoms with E-state index in [1.54, 1.807) is 14.2 Å². The van der Waals surface area contributed by atoms with E-state index < -0.39 is 0 Å². The Morgan fingerprint density at radius 3 is 2.23 bits per heavy atom. The van der Waals surface area contributed by atoms with E-state index in [9.17, 15) is 0 Å². The molecular formula is C9H12BrNO2. The Bertz CT molecular complexity index is 302. The van der Waals surface area contributed by atoms with E-state index in [2.05, 4.69) is 15.9 Å². The van der Waals surface area contributed by atoms with Crippen LogP contribution in [0.2, 0.25) is 0 Å². The largest absolute Gasteiger partial charge is 0.496 e. The molecule has 13 heavy (non-hydrogen) atoms. The van der Waals surface area contributed by atoms with Gasteiger partial charge in [-0.3, -0.25) is 0 Å². The first-order chi connectivity index (χ1) is 6.24. The van der Waals surface area contributed by atoms with Crippen LogP contribution < -0.4 is 15.2 Å². The highest BCUT2D eigenvalue weighted by Crippen LogP contribution is 2.34. The maximum atomic E-state index is 5.59. The maximum absolute atomic E-state index is 5.59. The molecule has 0 amide bonds. The molecule has 0 radical (unpaired) electrons. The molecule has 1 aromatic carbocycles. The predicted molar refractivity (Wildman–Crippen MR) is 55.1 cm³/mol. The zero-order chi connectivity index (χ0) is 9.84. The Kier molecular flexibility index (Phi) is 3.57. The Hall–Kier alpha value is -0.740. The van der Waals surface area contributed by atoms with Gasteiger partial charge in [0.25, 0.3) is 0 Å². The van der Waals surface area contributed by atoms with Crippen LogP contribution in [0.5, 0.6) is 11.5 Å². The number of benzene rings is 1. The molecule has 0 saturated heterocycles. The van der Waals surface area contributed by atoms with Crippen molar-refractivity contribution in [3.63, 3.8) is 0 Å². The lowest BCUT2D eigenvalue weighted by molar-refractivity contribution is 0.396. The fourth-order valence-electron chi connectivity index (χ4n) is 1.12. The molecule has 0 spiro atoms. The van der Waals surface area contributed by atoms with E-state index in [1.807, 2.05) is 12.1 Å². The first kappa shape index (κ1) is 10.3. The fraction of sp³-hybridized carbons (Fsp3) is 0.333. The molecule has 0 unspecified atom stereocenters. The highest BCUT2D eigenvalue weighted by atomic mass is 79.9. The monoisotopic (exact) mass is 245 g/mol. The third-order valence-electron chi connectivity index (χ3n) is 1.81. The van der Waals surface area contributed by atoms with Gasteiger partial charge in [0.2, 0.25) is 0 Å². The third kappa shape index (κ3) is 1.95. The average Bonchev–Trinajstić information content (AvgIpc) is 2.17. The van der Waals surface area contributed by atoms with Gasteiger partial charge in [0.1, 0.15) is 11.5 Å². The molecule has 2 N–H and O–H groups in total. The molecule has 0 aliphatic rings. The molecule has 0 fully saturated rings. The van der Waals surface area contributed by atoms with Gasteiger partial charge >= 0.3 is 0 Å². The van der Waals surface area contributed by atoms with E-state index in [0.717, 1.165) is 21.5 Å². The number of ether oxygens (including phenoxy) is 2. The van der Waals surface area contributed by atoms with Crippen LogP contribution in [-0.2, 0) is 6.54 Å². The predicted octanol–water partition coefficient (Wildman–Crippen LogP) is 1.92. The van der Waals surface area contributed by atoms with Gasteiger partial charge in [-0.2, -0.15) is 0 Å². The first-order valence-corrected chi connectivity index (χ1v) is 4.63. The highest BCUT2D eigenvalue weighted by Gasteiger charge is 2.10. The van der Waals surface area contributed by atoms with Crippen molar-refractivity contribution in [1.82, 2.24) is 0 Å². The third-order valence-corrected chi connectivity index (χ3v) is 2.68. The maximum Gasteiger partial charge on any atom is 0.133 e. The molecule has 0 heterocycles. The van der Waals surface area contributed by atoms with E-state index in [0.29, 0.717) is 6.54 Å². The lowest BCUT2D eigenvalue weighted by atomic mass is 10.2. The summed E-state index contributed by atoms with van der Waals surface area (Å²) in [7, 11) is 3.24. The number of halogens is 1. The van der Waals surface area contributed by atoms with Gasteiger partial charge in [-0.05, 0) is 28.1 Å². The average molecular weight is 246 g/mol. The lowest BCUT2D eigenvalue weighted by Crippen LogP contribution is -2.02. The van der Waals surface area contributed by atoms with Crippen molar-refractivity contribution in [2.24, 2.45) is 5.73 Å². The zero-order valence-electron chi connectivity index (χ0n) is 7.63. The van der Waals surface area contributed by atoms with Gasteiger partial charge in [-0.1, -0.05) is 0 Å². The molecule has 0 atom stereocenters. The quantitative estimate of drug-likeness (QED) is 0.886. The van der Waals surface area contributed by atoms with Gasteiger partial charge < -0.3 is 15.2 Å².